The summed E-state index contributed by atoms with van der Waals surface area (Å²) in [7, 11) is 0. The van der Waals surface area contributed by atoms with Gasteiger partial charge in [-0.2, -0.15) is 13.2 Å². The summed E-state index contributed by atoms with van der Waals surface area (Å²) in [5, 5.41) is 0. The highest BCUT2D eigenvalue weighted by Crippen LogP contribution is 2.30. The Morgan fingerprint density at radius 2 is 2.19 bits per heavy atom. The van der Waals surface area contributed by atoms with Crippen molar-refractivity contribution in [3.8, 4) is 0 Å². The third-order valence-electron chi connectivity index (χ3n) is 2.79. The lowest BCUT2D eigenvalue weighted by Crippen LogP contribution is -2.33. The van der Waals surface area contributed by atoms with E-state index in [9.17, 15) is 13.2 Å². The Balaban J connectivity index is 2.29. The van der Waals surface area contributed by atoms with E-state index < -0.39 is 6.18 Å². The lowest BCUT2D eigenvalue weighted by atomic mass is 10.1. The number of nitrogens with zero attached hydrogens (tertiary/aromatic N) is 1. The van der Waals surface area contributed by atoms with E-state index in [1.54, 1.807) is 0 Å². The molecule has 0 aromatic carbocycles. The minimum Gasteiger partial charge on any atom is -0.328 e. The SMILES string of the molecule is CC(N)CCCN1CC=C(C(F)(F)F)CC1. The first-order valence-electron chi connectivity index (χ1n) is 5.64. The number of hydrogen-bond donors (Lipinski definition) is 1. The Morgan fingerprint density at radius 1 is 1.50 bits per heavy atom. The normalized spacial score (nSPS) is 20.7. The molecular formula is C11H19F3N2. The molecule has 0 bridgehead atoms. The molecule has 0 saturated carbocycles. The first-order valence-corrected chi connectivity index (χ1v) is 5.64. The van der Waals surface area contributed by atoms with Gasteiger partial charge >= 0.3 is 6.18 Å². The van der Waals surface area contributed by atoms with E-state index in [0.29, 0.717) is 13.1 Å². The van der Waals surface area contributed by atoms with Crippen LogP contribution in [0.1, 0.15) is 26.2 Å². The Kier molecular flexibility index (Phi) is 4.80. The Hall–Kier alpha value is -0.550. The predicted octanol–water partition coefficient (Wildman–Crippen LogP) is 2.31. The van der Waals surface area contributed by atoms with Gasteiger partial charge in [0.1, 0.15) is 0 Å². The summed E-state index contributed by atoms with van der Waals surface area (Å²) in [6.45, 7) is 3.69. The molecule has 0 amide bonds. The molecule has 0 radical (unpaired) electrons. The highest BCUT2D eigenvalue weighted by Gasteiger charge is 2.34. The van der Waals surface area contributed by atoms with Gasteiger partial charge in [0.2, 0.25) is 0 Å². The fourth-order valence-electron chi connectivity index (χ4n) is 1.81. The molecule has 0 spiro atoms. The molecule has 2 nitrogen and oxygen atoms in total. The van der Waals surface area contributed by atoms with Crippen LogP contribution in [-0.4, -0.2) is 36.8 Å². The molecule has 5 heteroatoms. The molecule has 0 aromatic heterocycles. The zero-order valence-electron chi connectivity index (χ0n) is 9.56. The van der Waals surface area contributed by atoms with Gasteiger partial charge in [-0.3, -0.25) is 4.90 Å². The van der Waals surface area contributed by atoms with Crippen molar-refractivity contribution in [3.05, 3.63) is 11.6 Å². The van der Waals surface area contributed by atoms with E-state index in [4.69, 9.17) is 5.73 Å². The molecule has 1 rings (SSSR count). The highest BCUT2D eigenvalue weighted by atomic mass is 19.4. The third-order valence-corrected chi connectivity index (χ3v) is 2.79. The van der Waals surface area contributed by atoms with Crippen molar-refractivity contribution in [1.82, 2.24) is 4.90 Å². The summed E-state index contributed by atoms with van der Waals surface area (Å²) in [4.78, 5) is 2.04. The zero-order valence-corrected chi connectivity index (χ0v) is 9.56. The lowest BCUT2D eigenvalue weighted by molar-refractivity contribution is -0.0960. The summed E-state index contributed by atoms with van der Waals surface area (Å²) in [5.41, 5.74) is 5.23. The van der Waals surface area contributed by atoms with Crippen molar-refractivity contribution in [2.75, 3.05) is 19.6 Å². The van der Waals surface area contributed by atoms with Gasteiger partial charge in [-0.25, -0.2) is 0 Å². The highest BCUT2D eigenvalue weighted by molar-refractivity contribution is 5.12. The molecule has 16 heavy (non-hydrogen) atoms. The predicted molar refractivity (Wildman–Crippen MR) is 58.1 cm³/mol. The van der Waals surface area contributed by atoms with Crippen LogP contribution in [0.3, 0.4) is 0 Å². The maximum Gasteiger partial charge on any atom is 0.412 e. The molecule has 0 saturated heterocycles. The molecule has 1 aliphatic rings. The van der Waals surface area contributed by atoms with E-state index in [1.165, 1.54) is 6.08 Å². The fourth-order valence-corrected chi connectivity index (χ4v) is 1.81. The number of alkyl halides is 3. The number of rotatable bonds is 4. The zero-order chi connectivity index (χ0) is 12.2. The minimum atomic E-state index is -4.14. The summed E-state index contributed by atoms with van der Waals surface area (Å²) in [6.07, 6.45) is -0.853. The number of hydrogen-bond acceptors (Lipinski definition) is 2. The average Bonchev–Trinajstić information content (AvgIpc) is 2.16. The van der Waals surface area contributed by atoms with Gasteiger partial charge in [0, 0.05) is 24.7 Å². The van der Waals surface area contributed by atoms with Crippen LogP contribution in [0, 0.1) is 0 Å². The number of nitrogens with two attached hydrogens (primary N) is 1. The molecule has 1 heterocycles. The van der Waals surface area contributed by atoms with Crippen molar-refractivity contribution in [2.45, 2.75) is 38.4 Å². The van der Waals surface area contributed by atoms with Crippen LogP contribution in [-0.2, 0) is 0 Å². The molecule has 1 atom stereocenters. The monoisotopic (exact) mass is 236 g/mol. The van der Waals surface area contributed by atoms with E-state index >= 15 is 0 Å². The molecule has 2 N–H and O–H groups in total. The van der Waals surface area contributed by atoms with Crippen LogP contribution in [0.4, 0.5) is 13.2 Å². The first kappa shape index (κ1) is 13.5. The minimum absolute atomic E-state index is 0.113. The lowest BCUT2D eigenvalue weighted by Gasteiger charge is -2.27. The van der Waals surface area contributed by atoms with E-state index in [-0.39, 0.29) is 18.0 Å². The molecule has 94 valence electrons. The Morgan fingerprint density at radius 3 is 2.62 bits per heavy atom. The van der Waals surface area contributed by atoms with Gasteiger partial charge in [0.05, 0.1) is 0 Å². The van der Waals surface area contributed by atoms with Gasteiger partial charge in [0.25, 0.3) is 0 Å². The average molecular weight is 236 g/mol. The van der Waals surface area contributed by atoms with Crippen molar-refractivity contribution in [3.63, 3.8) is 0 Å². The van der Waals surface area contributed by atoms with Gasteiger partial charge in [-0.05, 0) is 32.7 Å². The molecule has 1 aliphatic heterocycles. The van der Waals surface area contributed by atoms with Gasteiger partial charge in [-0.1, -0.05) is 6.08 Å². The van der Waals surface area contributed by atoms with E-state index in [1.807, 2.05) is 11.8 Å². The van der Waals surface area contributed by atoms with Gasteiger partial charge in [0.15, 0.2) is 0 Å². The second-order valence-electron chi connectivity index (χ2n) is 4.40. The van der Waals surface area contributed by atoms with Crippen molar-refractivity contribution in [1.29, 1.82) is 0 Å². The van der Waals surface area contributed by atoms with Crippen molar-refractivity contribution in [2.24, 2.45) is 5.73 Å². The largest absolute Gasteiger partial charge is 0.412 e. The summed E-state index contributed by atoms with van der Waals surface area (Å²) < 4.78 is 37.0. The van der Waals surface area contributed by atoms with Gasteiger partial charge < -0.3 is 5.73 Å². The fraction of sp³-hybridized carbons (Fsp3) is 0.818. The Labute approximate surface area is 94.3 Å². The van der Waals surface area contributed by atoms with Crippen molar-refractivity contribution >= 4 is 0 Å². The summed E-state index contributed by atoms with van der Waals surface area (Å²) >= 11 is 0. The van der Waals surface area contributed by atoms with Crippen molar-refractivity contribution < 1.29 is 13.2 Å². The summed E-state index contributed by atoms with van der Waals surface area (Å²) in [6, 6.07) is 0.172. The molecule has 0 aliphatic carbocycles. The second kappa shape index (κ2) is 5.68. The van der Waals surface area contributed by atoms with E-state index in [0.717, 1.165) is 19.4 Å². The first-order chi connectivity index (χ1) is 7.39. The van der Waals surface area contributed by atoms with Crippen LogP contribution < -0.4 is 5.73 Å². The molecule has 0 fully saturated rings. The van der Waals surface area contributed by atoms with Gasteiger partial charge in [-0.15, -0.1) is 0 Å². The van der Waals surface area contributed by atoms with Crippen LogP contribution in [0.15, 0.2) is 11.6 Å². The maximum absolute atomic E-state index is 12.3. The topological polar surface area (TPSA) is 29.3 Å². The number of halogens is 3. The quantitative estimate of drug-likeness (QED) is 0.759. The van der Waals surface area contributed by atoms with E-state index in [2.05, 4.69) is 0 Å². The van der Waals surface area contributed by atoms with Crippen LogP contribution in [0.5, 0.6) is 0 Å². The van der Waals surface area contributed by atoms with Crippen LogP contribution >= 0.6 is 0 Å². The van der Waals surface area contributed by atoms with Crippen LogP contribution in [0.2, 0.25) is 0 Å². The third kappa shape index (κ3) is 4.53. The molecule has 0 aromatic rings. The maximum atomic E-state index is 12.3. The Bertz CT molecular complexity index is 246. The smallest absolute Gasteiger partial charge is 0.328 e. The molecular weight excluding hydrogens is 217 g/mol. The summed E-state index contributed by atoms with van der Waals surface area (Å²) in [5.74, 6) is 0. The second-order valence-corrected chi connectivity index (χ2v) is 4.40. The molecule has 1 unspecified atom stereocenters. The standard InChI is InChI=1S/C11H19F3N2/c1-9(15)3-2-6-16-7-4-10(5-8-16)11(12,13)14/h4,9H,2-3,5-8,15H2,1H3. The van der Waals surface area contributed by atoms with Crippen LogP contribution in [0.25, 0.3) is 0 Å².